The van der Waals surface area contributed by atoms with E-state index < -0.39 is 11.6 Å². The molecule has 0 bridgehead atoms. The second kappa shape index (κ2) is 2.31. The van der Waals surface area contributed by atoms with Gasteiger partial charge in [-0.05, 0) is 6.92 Å². The van der Waals surface area contributed by atoms with Crippen molar-refractivity contribution < 1.29 is 9.90 Å². The molecule has 3 N–H and O–H groups in total. The van der Waals surface area contributed by atoms with Crippen LogP contribution in [-0.2, 0) is 10.5 Å². The summed E-state index contributed by atoms with van der Waals surface area (Å²) in [5.41, 5.74) is 3.87. The van der Waals surface area contributed by atoms with Gasteiger partial charge in [-0.1, -0.05) is 5.21 Å². The highest BCUT2D eigenvalue weighted by atomic mass is 16.4. The summed E-state index contributed by atoms with van der Waals surface area (Å²) in [5, 5.41) is 15.5. The maximum absolute atomic E-state index is 10.5. The van der Waals surface area contributed by atoms with E-state index in [0.29, 0.717) is 0 Å². The Morgan fingerprint density at radius 2 is 2.45 bits per heavy atom. The van der Waals surface area contributed by atoms with E-state index in [1.165, 1.54) is 19.3 Å². The van der Waals surface area contributed by atoms with Crippen LogP contribution in [0.1, 0.15) is 6.92 Å². The molecule has 0 saturated carbocycles. The molecule has 1 unspecified atom stereocenters. The topological polar surface area (TPSA) is 94.0 Å². The fourth-order valence-corrected chi connectivity index (χ4v) is 0.554. The number of carboxylic acid groups (broad SMARTS) is 1. The summed E-state index contributed by atoms with van der Waals surface area (Å²) >= 11 is 0. The first-order chi connectivity index (χ1) is 5.05. The van der Waals surface area contributed by atoms with Crippen LogP contribution < -0.4 is 5.73 Å². The Balaban J connectivity index is 3.00. The molecule has 0 amide bonds. The van der Waals surface area contributed by atoms with Gasteiger partial charge in [0.25, 0.3) is 0 Å². The zero-order valence-corrected chi connectivity index (χ0v) is 5.93. The van der Waals surface area contributed by atoms with E-state index in [0.717, 1.165) is 4.68 Å². The second-order valence-electron chi connectivity index (χ2n) is 2.30. The molecule has 11 heavy (non-hydrogen) atoms. The van der Waals surface area contributed by atoms with Gasteiger partial charge < -0.3 is 5.11 Å². The zero-order chi connectivity index (χ0) is 8.48. The van der Waals surface area contributed by atoms with Crippen LogP contribution in [0.15, 0.2) is 12.4 Å². The number of hydrogen-bond donors (Lipinski definition) is 2. The van der Waals surface area contributed by atoms with Crippen molar-refractivity contribution in [2.75, 3.05) is 0 Å². The minimum absolute atomic E-state index is 1.08. The average molecular weight is 156 g/mol. The van der Waals surface area contributed by atoms with Crippen molar-refractivity contribution in [1.82, 2.24) is 15.0 Å². The Morgan fingerprint density at radius 3 is 2.82 bits per heavy atom. The van der Waals surface area contributed by atoms with Crippen LogP contribution in [0.3, 0.4) is 0 Å². The predicted molar refractivity (Wildman–Crippen MR) is 35.5 cm³/mol. The molecule has 1 heterocycles. The van der Waals surface area contributed by atoms with Crippen molar-refractivity contribution in [3.8, 4) is 0 Å². The van der Waals surface area contributed by atoms with Crippen LogP contribution in [0.4, 0.5) is 0 Å². The molecule has 1 atom stereocenters. The van der Waals surface area contributed by atoms with Crippen LogP contribution in [-0.4, -0.2) is 26.1 Å². The molecule has 1 aromatic heterocycles. The number of carbonyl (C=O) groups is 1. The summed E-state index contributed by atoms with van der Waals surface area (Å²) in [6.07, 6.45) is 2.77. The van der Waals surface area contributed by atoms with Crippen LogP contribution in [0, 0.1) is 0 Å². The maximum Gasteiger partial charge on any atom is 0.346 e. The first kappa shape index (κ1) is 7.67. The van der Waals surface area contributed by atoms with Gasteiger partial charge in [-0.15, -0.1) is 5.10 Å². The van der Waals surface area contributed by atoms with Crippen molar-refractivity contribution in [3.63, 3.8) is 0 Å². The van der Waals surface area contributed by atoms with Crippen molar-refractivity contribution in [2.24, 2.45) is 5.73 Å². The van der Waals surface area contributed by atoms with Gasteiger partial charge in [0.05, 0.1) is 6.20 Å². The lowest BCUT2D eigenvalue weighted by Gasteiger charge is -2.17. The molecule has 0 radical (unpaired) electrons. The van der Waals surface area contributed by atoms with Gasteiger partial charge in [0.1, 0.15) is 0 Å². The third-order valence-electron chi connectivity index (χ3n) is 1.33. The summed E-state index contributed by atoms with van der Waals surface area (Å²) in [7, 11) is 0. The van der Waals surface area contributed by atoms with Crippen LogP contribution in [0.5, 0.6) is 0 Å². The van der Waals surface area contributed by atoms with E-state index in [2.05, 4.69) is 10.3 Å². The Labute approximate surface area is 62.6 Å². The highest BCUT2D eigenvalue weighted by Gasteiger charge is 2.30. The summed E-state index contributed by atoms with van der Waals surface area (Å²) in [5.74, 6) is -1.15. The minimum atomic E-state index is -1.52. The van der Waals surface area contributed by atoms with Crippen LogP contribution >= 0.6 is 0 Å². The van der Waals surface area contributed by atoms with Gasteiger partial charge in [-0.2, -0.15) is 0 Å². The standard InChI is InChI=1S/C5H8N4O2/c1-5(6,4(10)11)9-3-2-7-8-9/h2-3H,6H2,1H3,(H,10,11). The third-order valence-corrected chi connectivity index (χ3v) is 1.33. The Hall–Kier alpha value is -1.43. The molecule has 0 fully saturated rings. The van der Waals surface area contributed by atoms with Gasteiger partial charge in [0.15, 0.2) is 0 Å². The van der Waals surface area contributed by atoms with Crippen molar-refractivity contribution in [2.45, 2.75) is 12.6 Å². The predicted octanol–water partition coefficient (Wildman–Crippen LogP) is -1.01. The van der Waals surface area contributed by atoms with Gasteiger partial charge in [0.2, 0.25) is 5.66 Å². The molecule has 0 aliphatic carbocycles. The SMILES string of the molecule is CC(N)(C(=O)O)n1ccnn1. The van der Waals surface area contributed by atoms with Crippen LogP contribution in [0.25, 0.3) is 0 Å². The summed E-state index contributed by atoms with van der Waals surface area (Å²) < 4.78 is 1.08. The second-order valence-corrected chi connectivity index (χ2v) is 2.30. The van der Waals surface area contributed by atoms with Gasteiger partial charge in [0, 0.05) is 6.20 Å². The molecular weight excluding hydrogens is 148 g/mol. The molecule has 60 valence electrons. The molecular formula is C5H8N4O2. The zero-order valence-electron chi connectivity index (χ0n) is 5.93. The fraction of sp³-hybridized carbons (Fsp3) is 0.400. The number of nitrogens with two attached hydrogens (primary N) is 1. The van der Waals surface area contributed by atoms with E-state index in [1.54, 1.807) is 0 Å². The first-order valence-corrected chi connectivity index (χ1v) is 2.94. The monoisotopic (exact) mass is 156 g/mol. The lowest BCUT2D eigenvalue weighted by atomic mass is 10.2. The smallest absolute Gasteiger partial charge is 0.346 e. The van der Waals surface area contributed by atoms with Crippen molar-refractivity contribution in [3.05, 3.63) is 12.4 Å². The number of hydrogen-bond acceptors (Lipinski definition) is 4. The first-order valence-electron chi connectivity index (χ1n) is 2.94. The van der Waals surface area contributed by atoms with E-state index in [9.17, 15) is 4.79 Å². The quantitative estimate of drug-likeness (QED) is 0.572. The fourth-order valence-electron chi connectivity index (χ4n) is 0.554. The third kappa shape index (κ3) is 1.20. The highest BCUT2D eigenvalue weighted by molar-refractivity contribution is 5.75. The normalized spacial score (nSPS) is 15.8. The van der Waals surface area contributed by atoms with Crippen molar-refractivity contribution in [1.29, 1.82) is 0 Å². The molecule has 6 heteroatoms. The van der Waals surface area contributed by atoms with Crippen LogP contribution in [0.2, 0.25) is 0 Å². The average Bonchev–Trinajstić information content (AvgIpc) is 2.37. The largest absolute Gasteiger partial charge is 0.478 e. The van der Waals surface area contributed by atoms with E-state index in [1.807, 2.05) is 0 Å². The lowest BCUT2D eigenvalue weighted by molar-refractivity contribution is -0.147. The Bertz CT molecular complexity index is 253. The summed E-state index contributed by atoms with van der Waals surface area (Å²) in [6.45, 7) is 1.34. The molecule has 6 nitrogen and oxygen atoms in total. The highest BCUT2D eigenvalue weighted by Crippen LogP contribution is 2.04. The van der Waals surface area contributed by atoms with Gasteiger partial charge in [-0.25, -0.2) is 9.48 Å². The summed E-state index contributed by atoms with van der Waals surface area (Å²) in [6, 6.07) is 0. The number of aromatic nitrogens is 3. The number of nitrogens with zero attached hydrogens (tertiary/aromatic N) is 3. The molecule has 1 aromatic rings. The molecule has 0 spiro atoms. The molecule has 1 rings (SSSR count). The number of aliphatic carboxylic acids is 1. The minimum Gasteiger partial charge on any atom is -0.478 e. The van der Waals surface area contributed by atoms with Gasteiger partial charge in [-0.3, -0.25) is 5.73 Å². The van der Waals surface area contributed by atoms with Crippen molar-refractivity contribution >= 4 is 5.97 Å². The Kier molecular flexibility index (Phi) is 1.61. The lowest BCUT2D eigenvalue weighted by Crippen LogP contribution is -2.47. The molecule has 0 saturated heterocycles. The van der Waals surface area contributed by atoms with Gasteiger partial charge >= 0.3 is 5.97 Å². The molecule has 0 aliphatic rings. The maximum atomic E-state index is 10.5. The summed E-state index contributed by atoms with van der Waals surface area (Å²) in [4.78, 5) is 10.5. The molecule has 0 aliphatic heterocycles. The number of rotatable bonds is 2. The van der Waals surface area contributed by atoms with E-state index in [-0.39, 0.29) is 0 Å². The number of carboxylic acids is 1. The van der Waals surface area contributed by atoms with E-state index in [4.69, 9.17) is 10.8 Å². The molecule has 0 aromatic carbocycles. The van der Waals surface area contributed by atoms with E-state index >= 15 is 0 Å². The Morgan fingerprint density at radius 1 is 1.82 bits per heavy atom.